The van der Waals surface area contributed by atoms with E-state index in [1.165, 1.54) is 23.0 Å². The van der Waals surface area contributed by atoms with E-state index in [1.54, 1.807) is 50.3 Å². The van der Waals surface area contributed by atoms with Gasteiger partial charge in [0.25, 0.3) is 5.56 Å². The predicted molar refractivity (Wildman–Crippen MR) is 150 cm³/mol. The Kier molecular flexibility index (Phi) is 8.89. The molecule has 2 heterocycles. The van der Waals surface area contributed by atoms with Gasteiger partial charge >= 0.3 is 5.97 Å². The molecule has 0 fully saturated rings. The first kappa shape index (κ1) is 28.1. The summed E-state index contributed by atoms with van der Waals surface area (Å²) in [6.45, 7) is 5.79. The van der Waals surface area contributed by atoms with Crippen LogP contribution in [0.25, 0.3) is 6.08 Å². The number of rotatable bonds is 9. The summed E-state index contributed by atoms with van der Waals surface area (Å²) in [4.78, 5) is 32.2. The molecule has 0 saturated heterocycles. The van der Waals surface area contributed by atoms with Crippen LogP contribution in [-0.4, -0.2) is 37.5 Å². The molecule has 2 aromatic carbocycles. The second kappa shape index (κ2) is 12.3. The van der Waals surface area contributed by atoms with E-state index in [1.807, 2.05) is 19.1 Å². The Morgan fingerprint density at radius 2 is 1.95 bits per heavy atom. The number of thiazole rings is 1. The Labute approximate surface area is 237 Å². The van der Waals surface area contributed by atoms with E-state index in [4.69, 9.17) is 24.2 Å². The number of carbonyl (C=O) groups is 1. The molecule has 1 aromatic heterocycles. The van der Waals surface area contributed by atoms with Gasteiger partial charge in [-0.1, -0.05) is 45.5 Å². The lowest BCUT2D eigenvalue weighted by Crippen LogP contribution is -2.40. The standard InChI is InChI=1S/C28H26BrN3O6S/c1-5-36-22-15-19(29)18(14-21(22)35-4)25-24(27(34)37-6-2)16(3)31-28-32(25)26(33)23(39-28)13-17-9-7-8-10-20(17)38-12-11-30/h7-10,13-15,25H,5-6,12H2,1-4H3/b23-13+/t25-/m1/s1. The van der Waals surface area contributed by atoms with E-state index in [-0.39, 0.29) is 24.3 Å². The first-order valence-corrected chi connectivity index (χ1v) is 13.7. The summed E-state index contributed by atoms with van der Waals surface area (Å²) in [5, 5.41) is 8.93. The summed E-state index contributed by atoms with van der Waals surface area (Å²) in [7, 11) is 1.53. The number of halogens is 1. The van der Waals surface area contributed by atoms with E-state index < -0.39 is 12.0 Å². The lowest BCUT2D eigenvalue weighted by atomic mass is 9.95. The smallest absolute Gasteiger partial charge is 0.338 e. The fraction of sp³-hybridized carbons (Fsp3) is 0.286. The molecule has 202 valence electrons. The van der Waals surface area contributed by atoms with Crippen molar-refractivity contribution in [2.75, 3.05) is 26.9 Å². The Morgan fingerprint density at radius 1 is 1.18 bits per heavy atom. The molecule has 39 heavy (non-hydrogen) atoms. The Bertz CT molecular complexity index is 1670. The quantitative estimate of drug-likeness (QED) is 0.338. The summed E-state index contributed by atoms with van der Waals surface area (Å²) in [6.07, 6.45) is 1.70. The lowest BCUT2D eigenvalue weighted by molar-refractivity contribution is -0.139. The largest absolute Gasteiger partial charge is 0.493 e. The van der Waals surface area contributed by atoms with Gasteiger partial charge in [0.15, 0.2) is 22.9 Å². The molecule has 1 aliphatic heterocycles. The summed E-state index contributed by atoms with van der Waals surface area (Å²) >= 11 is 4.81. The third kappa shape index (κ3) is 5.62. The van der Waals surface area contributed by atoms with Gasteiger partial charge in [-0.3, -0.25) is 9.36 Å². The number of esters is 1. The second-order valence-corrected chi connectivity index (χ2v) is 10.1. The van der Waals surface area contributed by atoms with Crippen molar-refractivity contribution in [3.63, 3.8) is 0 Å². The number of fused-ring (bicyclic) bond motifs is 1. The minimum Gasteiger partial charge on any atom is -0.493 e. The lowest BCUT2D eigenvalue weighted by Gasteiger charge is -2.26. The molecule has 0 amide bonds. The number of aromatic nitrogens is 1. The van der Waals surface area contributed by atoms with Crippen LogP contribution in [0, 0.1) is 11.3 Å². The monoisotopic (exact) mass is 611 g/mol. The van der Waals surface area contributed by atoms with Gasteiger partial charge in [-0.05, 0) is 50.6 Å². The summed E-state index contributed by atoms with van der Waals surface area (Å²) in [5.74, 6) is 0.894. The van der Waals surface area contributed by atoms with Crippen molar-refractivity contribution in [1.82, 2.24) is 4.57 Å². The highest BCUT2D eigenvalue weighted by Crippen LogP contribution is 2.41. The summed E-state index contributed by atoms with van der Waals surface area (Å²) in [6, 6.07) is 11.8. The maximum atomic E-state index is 13.9. The molecule has 9 nitrogen and oxygen atoms in total. The zero-order valence-corrected chi connectivity index (χ0v) is 24.2. The molecular weight excluding hydrogens is 586 g/mol. The number of hydrogen-bond donors (Lipinski definition) is 0. The van der Waals surface area contributed by atoms with Gasteiger partial charge in [-0.15, -0.1) is 0 Å². The van der Waals surface area contributed by atoms with Crippen LogP contribution in [0.2, 0.25) is 0 Å². The van der Waals surface area contributed by atoms with E-state index >= 15 is 0 Å². The van der Waals surface area contributed by atoms with E-state index in [0.29, 0.717) is 54.5 Å². The summed E-state index contributed by atoms with van der Waals surface area (Å²) in [5.41, 5.74) is 1.61. The second-order valence-electron chi connectivity index (χ2n) is 8.24. The highest BCUT2D eigenvalue weighted by atomic mass is 79.9. The molecule has 0 N–H and O–H groups in total. The number of para-hydroxylation sites is 1. The van der Waals surface area contributed by atoms with Gasteiger partial charge in [-0.25, -0.2) is 9.79 Å². The van der Waals surface area contributed by atoms with Gasteiger partial charge in [0.2, 0.25) is 0 Å². The average molecular weight is 613 g/mol. The SMILES string of the molecule is CCOC(=O)C1=C(C)N=c2s/c(=C/c3ccccc3OCC#N)c(=O)n2[C@@H]1c1cc(OC)c(OCC)cc1Br. The molecule has 0 saturated carbocycles. The average Bonchev–Trinajstić information content (AvgIpc) is 3.22. The van der Waals surface area contributed by atoms with Gasteiger partial charge in [0.1, 0.15) is 11.8 Å². The molecule has 0 aliphatic carbocycles. The van der Waals surface area contributed by atoms with Crippen LogP contribution in [0.5, 0.6) is 17.2 Å². The number of methoxy groups -OCH3 is 1. The number of nitriles is 1. The molecule has 3 aromatic rings. The van der Waals surface area contributed by atoms with Crippen LogP contribution in [0.1, 0.15) is 37.9 Å². The molecule has 0 unspecified atom stereocenters. The van der Waals surface area contributed by atoms with Crippen molar-refractivity contribution >= 4 is 39.3 Å². The van der Waals surface area contributed by atoms with Crippen LogP contribution >= 0.6 is 27.3 Å². The van der Waals surface area contributed by atoms with Crippen LogP contribution in [-0.2, 0) is 9.53 Å². The van der Waals surface area contributed by atoms with Crippen LogP contribution < -0.4 is 29.1 Å². The van der Waals surface area contributed by atoms with E-state index in [2.05, 4.69) is 20.9 Å². The summed E-state index contributed by atoms with van der Waals surface area (Å²) < 4.78 is 24.7. The molecule has 0 radical (unpaired) electrons. The molecule has 4 rings (SSSR count). The number of hydrogen-bond acceptors (Lipinski definition) is 9. The number of ether oxygens (including phenoxy) is 4. The van der Waals surface area contributed by atoms with Crippen molar-refractivity contribution in [3.8, 4) is 23.3 Å². The molecule has 1 aliphatic rings. The maximum absolute atomic E-state index is 13.9. The van der Waals surface area contributed by atoms with E-state index in [0.717, 1.165) is 0 Å². The van der Waals surface area contributed by atoms with E-state index in [9.17, 15) is 9.59 Å². The number of carbonyl (C=O) groups excluding carboxylic acids is 1. The predicted octanol–water partition coefficient (Wildman–Crippen LogP) is 3.87. The van der Waals surface area contributed by atoms with Crippen molar-refractivity contribution in [3.05, 3.63) is 83.0 Å². The molecular formula is C28H26BrN3O6S. The molecule has 0 spiro atoms. The Hall–Kier alpha value is -3.88. The van der Waals surface area contributed by atoms with Crippen molar-refractivity contribution in [2.24, 2.45) is 4.99 Å². The molecule has 0 bridgehead atoms. The molecule has 1 atom stereocenters. The third-order valence-electron chi connectivity index (χ3n) is 5.89. The minimum absolute atomic E-state index is 0.123. The number of allylic oxidation sites excluding steroid dienone is 1. The first-order valence-electron chi connectivity index (χ1n) is 12.1. The first-order chi connectivity index (χ1) is 18.8. The normalized spacial score (nSPS) is 14.8. The number of nitrogens with zero attached hydrogens (tertiary/aromatic N) is 3. The maximum Gasteiger partial charge on any atom is 0.338 e. The zero-order valence-electron chi connectivity index (χ0n) is 21.8. The van der Waals surface area contributed by atoms with Crippen molar-refractivity contribution < 1.29 is 23.7 Å². The van der Waals surface area contributed by atoms with Crippen LogP contribution in [0.4, 0.5) is 0 Å². The zero-order chi connectivity index (χ0) is 28.1. The highest BCUT2D eigenvalue weighted by Gasteiger charge is 2.35. The molecule has 11 heteroatoms. The third-order valence-corrected chi connectivity index (χ3v) is 7.56. The highest BCUT2D eigenvalue weighted by molar-refractivity contribution is 9.10. The van der Waals surface area contributed by atoms with Gasteiger partial charge in [-0.2, -0.15) is 5.26 Å². The Balaban J connectivity index is 1.98. The fourth-order valence-corrected chi connectivity index (χ4v) is 5.83. The van der Waals surface area contributed by atoms with Gasteiger partial charge in [0.05, 0.1) is 42.2 Å². The number of benzene rings is 2. The van der Waals surface area contributed by atoms with Crippen LogP contribution in [0.3, 0.4) is 0 Å². The van der Waals surface area contributed by atoms with Crippen molar-refractivity contribution in [1.29, 1.82) is 5.26 Å². The minimum atomic E-state index is -0.841. The topological polar surface area (TPSA) is 112 Å². The van der Waals surface area contributed by atoms with Gasteiger partial charge < -0.3 is 18.9 Å². The Morgan fingerprint density at radius 3 is 2.64 bits per heavy atom. The van der Waals surface area contributed by atoms with Crippen molar-refractivity contribution in [2.45, 2.75) is 26.8 Å². The fourth-order valence-electron chi connectivity index (χ4n) is 4.26. The van der Waals surface area contributed by atoms with Crippen LogP contribution in [0.15, 0.2) is 61.9 Å². The van der Waals surface area contributed by atoms with Gasteiger partial charge in [0, 0.05) is 10.0 Å².